The Kier molecular flexibility index (Phi) is 3.99. The Morgan fingerprint density at radius 1 is 1.33 bits per heavy atom. The highest BCUT2D eigenvalue weighted by atomic mass is 32.1. The molecule has 0 atom stereocenters. The van der Waals surface area contributed by atoms with Gasteiger partial charge in [-0.15, -0.1) is 11.3 Å². The van der Waals surface area contributed by atoms with Crippen molar-refractivity contribution in [2.24, 2.45) is 0 Å². The second-order valence-electron chi connectivity index (χ2n) is 4.15. The van der Waals surface area contributed by atoms with Gasteiger partial charge in [0.15, 0.2) is 0 Å². The number of nitrogens with zero attached hydrogens (tertiary/aromatic N) is 1. The van der Waals surface area contributed by atoms with Gasteiger partial charge >= 0.3 is 5.97 Å². The molecule has 8 heteroatoms. The third-order valence-electron chi connectivity index (χ3n) is 2.78. The fourth-order valence-corrected chi connectivity index (χ4v) is 2.55. The molecule has 1 aromatic carbocycles. The summed E-state index contributed by atoms with van der Waals surface area (Å²) >= 11 is 0.961. The lowest BCUT2D eigenvalue weighted by Gasteiger charge is -2.07. The third-order valence-corrected chi connectivity index (χ3v) is 3.68. The van der Waals surface area contributed by atoms with E-state index in [1.165, 1.54) is 23.6 Å². The minimum Gasteiger partial charge on any atom is -0.477 e. The molecule has 2 aromatic rings. The maximum atomic E-state index is 12.2. The average Bonchev–Trinajstić information content (AvgIpc) is 2.86. The molecule has 7 nitrogen and oxygen atoms in total. The lowest BCUT2D eigenvalue weighted by Crippen LogP contribution is -2.16. The van der Waals surface area contributed by atoms with Gasteiger partial charge in [-0.25, -0.2) is 4.79 Å². The Balaban J connectivity index is 2.40. The number of nitrogens with one attached hydrogen (secondary N) is 1. The molecule has 0 saturated heterocycles. The van der Waals surface area contributed by atoms with Gasteiger partial charge in [-0.2, -0.15) is 0 Å². The molecule has 1 amide bonds. The number of nitro benzene ring substituents is 1. The van der Waals surface area contributed by atoms with E-state index in [2.05, 4.69) is 5.32 Å². The van der Waals surface area contributed by atoms with Crippen molar-refractivity contribution in [2.45, 2.75) is 6.92 Å². The number of aromatic carboxylic acids is 1. The summed E-state index contributed by atoms with van der Waals surface area (Å²) in [5, 5.41) is 23.9. The van der Waals surface area contributed by atoms with Crippen molar-refractivity contribution in [3.8, 4) is 0 Å². The van der Waals surface area contributed by atoms with Crippen LogP contribution in [0.3, 0.4) is 0 Å². The van der Waals surface area contributed by atoms with Gasteiger partial charge in [0.05, 0.1) is 10.6 Å². The van der Waals surface area contributed by atoms with Gasteiger partial charge < -0.3 is 10.4 Å². The molecule has 0 aliphatic rings. The standard InChI is InChI=1S/C13H10N2O5S/c1-7-3-2-4-9(15(19)20)10(7)12(16)14-8-5-6-21-11(8)13(17)18/h2-6H,1H3,(H,14,16)(H,17,18). The van der Waals surface area contributed by atoms with E-state index in [-0.39, 0.29) is 21.8 Å². The molecule has 2 rings (SSSR count). The molecule has 0 spiro atoms. The van der Waals surface area contributed by atoms with Gasteiger partial charge in [-0.1, -0.05) is 12.1 Å². The van der Waals surface area contributed by atoms with Gasteiger partial charge in [0, 0.05) is 6.07 Å². The first-order chi connectivity index (χ1) is 9.91. The lowest BCUT2D eigenvalue weighted by atomic mass is 10.1. The largest absolute Gasteiger partial charge is 0.477 e. The highest BCUT2D eigenvalue weighted by molar-refractivity contribution is 7.12. The van der Waals surface area contributed by atoms with Crippen LogP contribution in [0.25, 0.3) is 0 Å². The number of carboxylic acid groups (broad SMARTS) is 1. The van der Waals surface area contributed by atoms with Crippen molar-refractivity contribution in [3.05, 3.63) is 55.8 Å². The second-order valence-corrected chi connectivity index (χ2v) is 5.06. The molecule has 0 unspecified atom stereocenters. The maximum absolute atomic E-state index is 12.2. The Morgan fingerprint density at radius 2 is 2.05 bits per heavy atom. The Bertz CT molecular complexity index is 738. The third kappa shape index (κ3) is 2.90. The maximum Gasteiger partial charge on any atom is 0.348 e. The number of nitro groups is 1. The Morgan fingerprint density at radius 3 is 2.67 bits per heavy atom. The second kappa shape index (κ2) is 5.71. The summed E-state index contributed by atoms with van der Waals surface area (Å²) < 4.78 is 0. The van der Waals surface area contributed by atoms with E-state index in [9.17, 15) is 19.7 Å². The molecular weight excluding hydrogens is 296 g/mol. The van der Waals surface area contributed by atoms with Crippen molar-refractivity contribution in [1.29, 1.82) is 0 Å². The van der Waals surface area contributed by atoms with Crippen molar-refractivity contribution in [3.63, 3.8) is 0 Å². The first-order valence-corrected chi connectivity index (χ1v) is 6.66. The molecule has 1 aromatic heterocycles. The summed E-state index contributed by atoms with van der Waals surface area (Å²) in [6.07, 6.45) is 0. The number of rotatable bonds is 4. The SMILES string of the molecule is Cc1cccc([N+](=O)[O-])c1C(=O)Nc1ccsc1C(=O)O. The predicted molar refractivity (Wildman–Crippen MR) is 77.1 cm³/mol. The van der Waals surface area contributed by atoms with Crippen molar-refractivity contribution in [2.75, 3.05) is 5.32 Å². The molecule has 0 radical (unpaired) electrons. The molecule has 1 heterocycles. The molecule has 0 fully saturated rings. The summed E-state index contributed by atoms with van der Waals surface area (Å²) in [5.74, 6) is -1.87. The van der Waals surface area contributed by atoms with E-state index in [0.717, 1.165) is 11.3 Å². The minimum atomic E-state index is -1.17. The number of aryl methyl sites for hydroxylation is 1. The summed E-state index contributed by atoms with van der Waals surface area (Å²) in [6.45, 7) is 1.58. The number of amides is 1. The van der Waals surface area contributed by atoms with Crippen LogP contribution >= 0.6 is 11.3 Å². The summed E-state index contributed by atoms with van der Waals surface area (Å²) in [6, 6.07) is 5.73. The smallest absolute Gasteiger partial charge is 0.348 e. The van der Waals surface area contributed by atoms with Crippen LogP contribution in [0.15, 0.2) is 29.6 Å². The molecule has 21 heavy (non-hydrogen) atoms. The van der Waals surface area contributed by atoms with Crippen LogP contribution in [0.2, 0.25) is 0 Å². The number of benzene rings is 1. The van der Waals surface area contributed by atoms with Crippen LogP contribution in [0, 0.1) is 17.0 Å². The van der Waals surface area contributed by atoms with Crippen LogP contribution in [0.4, 0.5) is 11.4 Å². The number of hydrogen-bond donors (Lipinski definition) is 2. The molecule has 108 valence electrons. The van der Waals surface area contributed by atoms with Gasteiger partial charge in [0.1, 0.15) is 10.4 Å². The number of carbonyl (C=O) groups excluding carboxylic acids is 1. The molecule has 0 bridgehead atoms. The summed E-state index contributed by atoms with van der Waals surface area (Å²) in [5.41, 5.74) is 0.161. The first-order valence-electron chi connectivity index (χ1n) is 5.78. The van der Waals surface area contributed by atoms with Crippen LogP contribution in [-0.2, 0) is 0 Å². The first kappa shape index (κ1) is 14.7. The molecular formula is C13H10N2O5S. The van der Waals surface area contributed by atoms with E-state index < -0.39 is 16.8 Å². The molecule has 0 aliphatic heterocycles. The van der Waals surface area contributed by atoms with Crippen molar-refractivity contribution >= 4 is 34.6 Å². The van der Waals surface area contributed by atoms with Gasteiger partial charge in [-0.05, 0) is 23.9 Å². The average molecular weight is 306 g/mol. The monoisotopic (exact) mass is 306 g/mol. The molecule has 2 N–H and O–H groups in total. The van der Waals surface area contributed by atoms with Crippen LogP contribution in [0.1, 0.15) is 25.6 Å². The zero-order valence-corrected chi connectivity index (χ0v) is 11.6. The summed E-state index contributed by atoms with van der Waals surface area (Å²) in [4.78, 5) is 33.5. The van der Waals surface area contributed by atoms with E-state index in [1.807, 2.05) is 0 Å². The van der Waals surface area contributed by atoms with E-state index >= 15 is 0 Å². The fourth-order valence-electron chi connectivity index (χ4n) is 1.86. The van der Waals surface area contributed by atoms with Gasteiger partial charge in [0.25, 0.3) is 11.6 Å². The Labute approximate surface area is 123 Å². The highest BCUT2D eigenvalue weighted by Crippen LogP contribution is 2.26. The topological polar surface area (TPSA) is 110 Å². The number of thiophene rings is 1. The quantitative estimate of drug-likeness (QED) is 0.666. The zero-order valence-electron chi connectivity index (χ0n) is 10.8. The molecule has 0 aliphatic carbocycles. The van der Waals surface area contributed by atoms with E-state index in [4.69, 9.17) is 5.11 Å². The van der Waals surface area contributed by atoms with Crippen molar-refractivity contribution < 1.29 is 19.6 Å². The number of carbonyl (C=O) groups is 2. The summed E-state index contributed by atoms with van der Waals surface area (Å²) in [7, 11) is 0. The zero-order chi connectivity index (χ0) is 15.6. The van der Waals surface area contributed by atoms with E-state index in [1.54, 1.807) is 13.0 Å². The van der Waals surface area contributed by atoms with Gasteiger partial charge in [-0.3, -0.25) is 14.9 Å². The van der Waals surface area contributed by atoms with Gasteiger partial charge in [0.2, 0.25) is 0 Å². The fraction of sp³-hybridized carbons (Fsp3) is 0.0769. The van der Waals surface area contributed by atoms with Crippen LogP contribution in [0.5, 0.6) is 0 Å². The van der Waals surface area contributed by atoms with Crippen molar-refractivity contribution in [1.82, 2.24) is 0 Å². The lowest BCUT2D eigenvalue weighted by molar-refractivity contribution is -0.385. The van der Waals surface area contributed by atoms with Crippen LogP contribution in [-0.4, -0.2) is 21.9 Å². The molecule has 0 saturated carbocycles. The Hall–Kier alpha value is -2.74. The minimum absolute atomic E-state index is 0.0282. The predicted octanol–water partition coefficient (Wildman–Crippen LogP) is 2.92. The highest BCUT2D eigenvalue weighted by Gasteiger charge is 2.23. The number of hydrogen-bond acceptors (Lipinski definition) is 5. The number of anilines is 1. The van der Waals surface area contributed by atoms with E-state index in [0.29, 0.717) is 5.56 Å². The normalized spacial score (nSPS) is 10.1. The van der Waals surface area contributed by atoms with Crippen LogP contribution < -0.4 is 5.32 Å². The number of carboxylic acids is 1.